The molecule has 0 aliphatic carbocycles. The fourth-order valence-electron chi connectivity index (χ4n) is 2.02. The lowest BCUT2D eigenvalue weighted by Crippen LogP contribution is -2.48. The summed E-state index contributed by atoms with van der Waals surface area (Å²) >= 11 is 0.970. The van der Waals surface area contributed by atoms with E-state index in [1.165, 1.54) is 24.1 Å². The van der Waals surface area contributed by atoms with E-state index < -0.39 is 26.8 Å². The first-order valence-corrected chi connectivity index (χ1v) is 9.79. The van der Waals surface area contributed by atoms with Gasteiger partial charge in [-0.25, -0.2) is 18.2 Å². The number of morpholine rings is 1. The van der Waals surface area contributed by atoms with Crippen molar-refractivity contribution < 1.29 is 31.5 Å². The van der Waals surface area contributed by atoms with Gasteiger partial charge in [0.15, 0.2) is 0 Å². The number of alkyl halides is 2. The van der Waals surface area contributed by atoms with Crippen LogP contribution in [0.3, 0.4) is 0 Å². The maximum Gasteiger partial charge on any atom is 0.381 e. The lowest BCUT2D eigenvalue weighted by Gasteiger charge is -2.27. The van der Waals surface area contributed by atoms with Crippen molar-refractivity contribution in [2.75, 3.05) is 32.9 Å². The third-order valence-electron chi connectivity index (χ3n) is 3.17. The Morgan fingerprint density at radius 2 is 2.16 bits per heavy atom. The molecule has 1 saturated heterocycles. The van der Waals surface area contributed by atoms with E-state index in [-0.39, 0.29) is 30.6 Å². The molecule has 1 aliphatic rings. The molecule has 0 aromatic carbocycles. The van der Waals surface area contributed by atoms with Gasteiger partial charge in [0.05, 0.1) is 19.8 Å². The Hall–Kier alpha value is -1.40. The van der Waals surface area contributed by atoms with Gasteiger partial charge in [0.2, 0.25) is 0 Å². The summed E-state index contributed by atoms with van der Waals surface area (Å²) in [4.78, 5) is 13.1. The first-order valence-electron chi connectivity index (χ1n) is 7.43. The third kappa shape index (κ3) is 5.28. The van der Waals surface area contributed by atoms with Crippen LogP contribution in [0.15, 0.2) is 23.6 Å². The van der Waals surface area contributed by atoms with E-state index in [0.717, 1.165) is 11.3 Å². The Balaban J connectivity index is 2.35. The minimum absolute atomic E-state index is 0.0877. The highest BCUT2D eigenvalue weighted by atomic mass is 32.2. The summed E-state index contributed by atoms with van der Waals surface area (Å²) in [5, 5.41) is 2.92. The molecule has 25 heavy (non-hydrogen) atoms. The highest BCUT2D eigenvalue weighted by molar-refractivity contribution is 7.99. The molecule has 140 valence electrons. The van der Waals surface area contributed by atoms with Gasteiger partial charge in [0.25, 0.3) is 10.0 Å². The Kier molecular flexibility index (Phi) is 6.63. The number of sulfonamides is 1. The molecule has 1 aromatic rings. The van der Waals surface area contributed by atoms with Crippen molar-refractivity contribution in [3.63, 3.8) is 0 Å². The highest BCUT2D eigenvalue weighted by Crippen LogP contribution is 2.30. The molecular weight excluding hydrogens is 378 g/mol. The Morgan fingerprint density at radius 3 is 2.72 bits per heavy atom. The molecule has 2 rings (SSSR count). The van der Waals surface area contributed by atoms with Gasteiger partial charge < -0.3 is 9.47 Å². The normalized spacial score (nSPS) is 17.5. The molecule has 0 atom stereocenters. The lowest BCUT2D eigenvalue weighted by molar-refractivity contribution is -0.164. The number of rotatable bonds is 7. The topological polar surface area (TPSA) is 84.9 Å². The highest BCUT2D eigenvalue weighted by Gasteiger charge is 2.41. The van der Waals surface area contributed by atoms with Crippen molar-refractivity contribution in [2.24, 2.45) is 0 Å². The van der Waals surface area contributed by atoms with Crippen LogP contribution in [0.4, 0.5) is 8.78 Å². The molecule has 0 radical (unpaired) electrons. The summed E-state index contributed by atoms with van der Waals surface area (Å²) in [6.45, 7) is 2.35. The number of hydrogen-bond acceptors (Lipinski definition) is 7. The average Bonchev–Trinajstić information content (AvgIpc) is 3.07. The first kappa shape index (κ1) is 19.9. The largest absolute Gasteiger partial charge is 0.461 e. The zero-order chi connectivity index (χ0) is 18.5. The van der Waals surface area contributed by atoms with E-state index in [0.29, 0.717) is 13.2 Å². The Labute approximate surface area is 148 Å². The standard InChI is InChI=1S/C14H18F2N2O5S2/c1-2-23-13(19)14(15,16)10-12(11-4-3-9-24-11)25(20,21)17-18-5-7-22-8-6-18/h3-4,9-10,17H,2,5-8H2,1H3/b12-10+. The molecule has 0 saturated carbocycles. The van der Waals surface area contributed by atoms with Gasteiger partial charge in [-0.2, -0.15) is 8.78 Å². The summed E-state index contributed by atoms with van der Waals surface area (Å²) in [5.74, 6) is -5.87. The third-order valence-corrected chi connectivity index (χ3v) is 5.62. The van der Waals surface area contributed by atoms with Gasteiger partial charge in [-0.1, -0.05) is 6.07 Å². The predicted octanol–water partition coefficient (Wildman–Crippen LogP) is 1.45. The smallest absolute Gasteiger partial charge is 0.381 e. The van der Waals surface area contributed by atoms with Crippen molar-refractivity contribution in [3.8, 4) is 0 Å². The number of thiophene rings is 1. The number of ether oxygens (including phenoxy) is 2. The summed E-state index contributed by atoms with van der Waals surface area (Å²) in [5.41, 5.74) is 0. The summed E-state index contributed by atoms with van der Waals surface area (Å²) in [7, 11) is -4.32. The number of nitrogens with zero attached hydrogens (tertiary/aromatic N) is 1. The first-order chi connectivity index (χ1) is 11.8. The maximum absolute atomic E-state index is 14.1. The molecule has 0 amide bonds. The molecule has 0 spiro atoms. The Morgan fingerprint density at radius 1 is 1.48 bits per heavy atom. The second-order valence-electron chi connectivity index (χ2n) is 5.02. The van der Waals surface area contributed by atoms with E-state index in [2.05, 4.69) is 9.57 Å². The van der Waals surface area contributed by atoms with Crippen molar-refractivity contribution in [1.82, 2.24) is 9.84 Å². The number of carbonyl (C=O) groups is 1. The van der Waals surface area contributed by atoms with Crippen molar-refractivity contribution in [1.29, 1.82) is 0 Å². The van der Waals surface area contributed by atoms with E-state index in [9.17, 15) is 22.0 Å². The van der Waals surface area contributed by atoms with Gasteiger partial charge in [0.1, 0.15) is 4.91 Å². The summed E-state index contributed by atoms with van der Waals surface area (Å²) in [6, 6.07) is 2.91. The monoisotopic (exact) mass is 396 g/mol. The predicted molar refractivity (Wildman–Crippen MR) is 88.3 cm³/mol. The molecular formula is C14H18F2N2O5S2. The molecule has 7 nitrogen and oxygen atoms in total. The quantitative estimate of drug-likeness (QED) is 0.703. The summed E-state index contributed by atoms with van der Waals surface area (Å²) in [6.07, 6.45) is 0.125. The summed E-state index contributed by atoms with van der Waals surface area (Å²) < 4.78 is 62.8. The number of halogens is 2. The van der Waals surface area contributed by atoms with E-state index in [1.807, 2.05) is 0 Å². The van der Waals surface area contributed by atoms with Crippen LogP contribution in [-0.2, 0) is 24.3 Å². The number of hydrogen-bond donors (Lipinski definition) is 1. The second-order valence-corrected chi connectivity index (χ2v) is 7.60. The zero-order valence-corrected chi connectivity index (χ0v) is 15.0. The second kappa shape index (κ2) is 8.32. The maximum atomic E-state index is 14.1. The van der Waals surface area contributed by atoms with Gasteiger partial charge in [-0.05, 0) is 18.4 Å². The Bertz CT molecular complexity index is 714. The van der Waals surface area contributed by atoms with Crippen LogP contribution in [0.25, 0.3) is 4.91 Å². The molecule has 1 aliphatic heterocycles. The van der Waals surface area contributed by atoms with Crippen molar-refractivity contribution >= 4 is 32.2 Å². The van der Waals surface area contributed by atoms with Gasteiger partial charge >= 0.3 is 11.9 Å². The SMILES string of the molecule is CCOC(=O)C(F)(F)/C=C(\c1cccs1)S(=O)(=O)NN1CCOCC1. The molecule has 1 aromatic heterocycles. The minimum atomic E-state index is -4.32. The molecule has 1 fully saturated rings. The van der Waals surface area contributed by atoms with Gasteiger partial charge in [-0.3, -0.25) is 0 Å². The van der Waals surface area contributed by atoms with Crippen LogP contribution >= 0.6 is 11.3 Å². The van der Waals surface area contributed by atoms with Crippen LogP contribution in [0.1, 0.15) is 11.8 Å². The fraction of sp³-hybridized carbons (Fsp3) is 0.500. The van der Waals surface area contributed by atoms with E-state index in [1.54, 1.807) is 5.38 Å². The van der Waals surface area contributed by atoms with Gasteiger partial charge in [0, 0.05) is 24.0 Å². The number of carbonyl (C=O) groups excluding carboxylic acids is 1. The molecule has 2 heterocycles. The molecule has 0 unspecified atom stereocenters. The van der Waals surface area contributed by atoms with Crippen LogP contribution in [0, 0.1) is 0 Å². The van der Waals surface area contributed by atoms with Crippen LogP contribution in [0.2, 0.25) is 0 Å². The van der Waals surface area contributed by atoms with Crippen LogP contribution < -0.4 is 4.83 Å². The fourth-order valence-corrected chi connectivity index (χ4v) is 4.39. The van der Waals surface area contributed by atoms with Crippen LogP contribution in [-0.4, -0.2) is 58.2 Å². The van der Waals surface area contributed by atoms with E-state index >= 15 is 0 Å². The minimum Gasteiger partial charge on any atom is -0.461 e. The molecule has 11 heteroatoms. The van der Waals surface area contributed by atoms with Gasteiger partial charge in [-0.15, -0.1) is 16.2 Å². The lowest BCUT2D eigenvalue weighted by atomic mass is 10.3. The zero-order valence-electron chi connectivity index (χ0n) is 13.4. The number of nitrogens with one attached hydrogen (secondary N) is 1. The van der Waals surface area contributed by atoms with Crippen molar-refractivity contribution in [2.45, 2.75) is 12.8 Å². The molecule has 1 N–H and O–H groups in total. The number of hydrazine groups is 1. The molecule has 0 bridgehead atoms. The van der Waals surface area contributed by atoms with Crippen molar-refractivity contribution in [3.05, 3.63) is 28.5 Å². The van der Waals surface area contributed by atoms with Crippen LogP contribution in [0.5, 0.6) is 0 Å². The number of esters is 1. The van der Waals surface area contributed by atoms with E-state index in [4.69, 9.17) is 4.74 Å². The average molecular weight is 396 g/mol.